The first-order valence-electron chi connectivity index (χ1n) is 9.45. The minimum atomic E-state index is -0.421. The van der Waals surface area contributed by atoms with Crippen LogP contribution >= 0.6 is 0 Å². The van der Waals surface area contributed by atoms with Gasteiger partial charge in [-0.1, -0.05) is 91.0 Å². The smallest absolute Gasteiger partial charge is 0.201 e. The van der Waals surface area contributed by atoms with Gasteiger partial charge in [0.1, 0.15) is 12.1 Å². The average molecular weight is 354 g/mol. The summed E-state index contributed by atoms with van der Waals surface area (Å²) in [6.07, 6.45) is 2.19. The quantitative estimate of drug-likeness (QED) is 0.647. The first-order valence-corrected chi connectivity index (χ1v) is 9.45. The van der Waals surface area contributed by atoms with Crippen molar-refractivity contribution >= 4 is 0 Å². The van der Waals surface area contributed by atoms with E-state index < -0.39 is 5.54 Å². The third-order valence-electron chi connectivity index (χ3n) is 5.50. The van der Waals surface area contributed by atoms with Gasteiger partial charge in [0.25, 0.3) is 0 Å². The predicted octanol–water partition coefficient (Wildman–Crippen LogP) is 4.38. The zero-order chi connectivity index (χ0) is 18.1. The lowest BCUT2D eigenvalue weighted by Gasteiger charge is -2.46. The highest BCUT2D eigenvalue weighted by Crippen LogP contribution is 2.46. The van der Waals surface area contributed by atoms with Gasteiger partial charge in [-0.3, -0.25) is 5.01 Å². The Kier molecular flexibility index (Phi) is 3.95. The molecule has 3 nitrogen and oxygen atoms in total. The van der Waals surface area contributed by atoms with Crippen LogP contribution in [0.15, 0.2) is 103 Å². The largest absolute Gasteiger partial charge is 0.476 e. The lowest BCUT2D eigenvalue weighted by molar-refractivity contribution is -0.0244. The summed E-state index contributed by atoms with van der Waals surface area (Å²) in [7, 11) is 0. The number of nitrogens with zero attached hydrogens (tertiary/aromatic N) is 2. The summed E-state index contributed by atoms with van der Waals surface area (Å²) in [6, 6.07) is 32.4. The highest BCUT2D eigenvalue weighted by molar-refractivity contribution is 5.50. The molecule has 3 aromatic rings. The monoisotopic (exact) mass is 354 g/mol. The molecule has 0 spiro atoms. The number of hydrogen-bond donors (Lipinski definition) is 0. The molecule has 1 saturated heterocycles. The van der Waals surface area contributed by atoms with Gasteiger partial charge in [0.15, 0.2) is 0 Å². The summed E-state index contributed by atoms with van der Waals surface area (Å²) in [6.45, 7) is 2.42. The number of hydrogen-bond acceptors (Lipinski definition) is 3. The van der Waals surface area contributed by atoms with Crippen LogP contribution in [-0.4, -0.2) is 29.7 Å². The SMILES string of the molecule is C1=C2OCCN2N(C(c2ccccc2)(c2ccccc2)c2ccccc2)C1. The normalized spacial score (nSPS) is 16.7. The maximum atomic E-state index is 5.86. The number of ether oxygens (including phenoxy) is 1. The molecule has 5 rings (SSSR count). The lowest BCUT2D eigenvalue weighted by atomic mass is 9.76. The van der Waals surface area contributed by atoms with Crippen molar-refractivity contribution in [2.75, 3.05) is 19.7 Å². The van der Waals surface area contributed by atoms with Gasteiger partial charge in [-0.2, -0.15) is 5.01 Å². The Morgan fingerprint density at radius 1 is 0.667 bits per heavy atom. The third kappa shape index (κ3) is 2.47. The van der Waals surface area contributed by atoms with Crippen LogP contribution in [0, 0.1) is 0 Å². The number of rotatable bonds is 4. The summed E-state index contributed by atoms with van der Waals surface area (Å²) in [5.41, 5.74) is 3.34. The van der Waals surface area contributed by atoms with Crippen LogP contribution in [0.5, 0.6) is 0 Å². The molecule has 0 amide bonds. The fourth-order valence-corrected chi connectivity index (χ4v) is 4.39. The van der Waals surface area contributed by atoms with Gasteiger partial charge in [0, 0.05) is 6.54 Å². The van der Waals surface area contributed by atoms with Crippen LogP contribution in [0.3, 0.4) is 0 Å². The highest BCUT2D eigenvalue weighted by Gasteiger charge is 2.48. The molecule has 0 N–H and O–H groups in total. The Bertz CT molecular complexity index is 841. The van der Waals surface area contributed by atoms with E-state index in [1.54, 1.807) is 0 Å². The highest BCUT2D eigenvalue weighted by atomic mass is 16.5. The van der Waals surface area contributed by atoms with Crippen molar-refractivity contribution in [3.63, 3.8) is 0 Å². The first-order chi connectivity index (χ1) is 13.4. The van der Waals surface area contributed by atoms with Gasteiger partial charge in [0.05, 0.1) is 6.54 Å². The molecule has 2 aliphatic heterocycles. The van der Waals surface area contributed by atoms with Crippen molar-refractivity contribution in [2.45, 2.75) is 5.54 Å². The average Bonchev–Trinajstić information content (AvgIpc) is 3.36. The van der Waals surface area contributed by atoms with Crippen LogP contribution in [0.1, 0.15) is 16.7 Å². The molecule has 3 aromatic carbocycles. The summed E-state index contributed by atoms with van der Waals surface area (Å²) < 4.78 is 5.86. The minimum absolute atomic E-state index is 0.421. The predicted molar refractivity (Wildman–Crippen MR) is 107 cm³/mol. The van der Waals surface area contributed by atoms with E-state index in [0.717, 1.165) is 25.6 Å². The van der Waals surface area contributed by atoms with E-state index in [0.29, 0.717) is 0 Å². The molecular weight excluding hydrogens is 332 g/mol. The third-order valence-corrected chi connectivity index (χ3v) is 5.50. The van der Waals surface area contributed by atoms with Gasteiger partial charge < -0.3 is 4.74 Å². The van der Waals surface area contributed by atoms with Crippen molar-refractivity contribution in [3.8, 4) is 0 Å². The van der Waals surface area contributed by atoms with E-state index in [1.165, 1.54) is 16.7 Å². The number of fused-ring (bicyclic) bond motifs is 1. The van der Waals surface area contributed by atoms with Gasteiger partial charge in [0.2, 0.25) is 5.88 Å². The molecule has 1 fully saturated rings. The summed E-state index contributed by atoms with van der Waals surface area (Å²) in [5.74, 6) is 0.974. The molecule has 2 aliphatic rings. The van der Waals surface area contributed by atoms with E-state index in [1.807, 2.05) is 0 Å². The molecule has 0 saturated carbocycles. The van der Waals surface area contributed by atoms with Crippen molar-refractivity contribution in [3.05, 3.63) is 120 Å². The molecule has 0 unspecified atom stereocenters. The Morgan fingerprint density at radius 2 is 1.15 bits per heavy atom. The maximum absolute atomic E-state index is 5.86. The fourth-order valence-electron chi connectivity index (χ4n) is 4.39. The van der Waals surface area contributed by atoms with Crippen LogP contribution in [0.2, 0.25) is 0 Å². The first kappa shape index (κ1) is 16.2. The summed E-state index contributed by atoms with van der Waals surface area (Å²) in [5, 5.41) is 4.75. The Morgan fingerprint density at radius 3 is 1.63 bits per heavy atom. The molecule has 2 heterocycles. The molecule has 27 heavy (non-hydrogen) atoms. The Balaban J connectivity index is 1.81. The van der Waals surface area contributed by atoms with Crippen LogP contribution in [0.25, 0.3) is 0 Å². The van der Waals surface area contributed by atoms with E-state index in [4.69, 9.17) is 4.74 Å². The van der Waals surface area contributed by atoms with Gasteiger partial charge in [-0.25, -0.2) is 0 Å². The van der Waals surface area contributed by atoms with Gasteiger partial charge >= 0.3 is 0 Å². The fraction of sp³-hybridized carbons (Fsp3) is 0.167. The minimum Gasteiger partial charge on any atom is -0.476 e. The van der Waals surface area contributed by atoms with Crippen molar-refractivity contribution in [1.29, 1.82) is 0 Å². The zero-order valence-electron chi connectivity index (χ0n) is 15.2. The van der Waals surface area contributed by atoms with E-state index >= 15 is 0 Å². The van der Waals surface area contributed by atoms with E-state index in [-0.39, 0.29) is 0 Å². The van der Waals surface area contributed by atoms with E-state index in [2.05, 4.69) is 107 Å². The molecule has 0 aromatic heterocycles. The maximum Gasteiger partial charge on any atom is 0.201 e. The number of benzene rings is 3. The molecule has 0 aliphatic carbocycles. The second-order valence-electron chi connectivity index (χ2n) is 6.90. The zero-order valence-corrected chi connectivity index (χ0v) is 15.2. The Hall–Kier alpha value is -3.04. The number of hydrazine groups is 1. The molecule has 0 bridgehead atoms. The van der Waals surface area contributed by atoms with Crippen LogP contribution < -0.4 is 0 Å². The molecule has 134 valence electrons. The van der Waals surface area contributed by atoms with Gasteiger partial charge in [-0.15, -0.1) is 0 Å². The second-order valence-corrected chi connectivity index (χ2v) is 6.90. The molecule has 3 heteroatoms. The summed E-state index contributed by atoms with van der Waals surface area (Å²) in [4.78, 5) is 0. The standard InChI is InChI=1S/C24H22N2O/c1-4-10-20(11-5-1)24(21-12-6-2-7-13-21,22-14-8-3-9-15-22)26-17-16-23-25(26)18-19-27-23/h1-16H,17-19H2. The lowest BCUT2D eigenvalue weighted by Crippen LogP contribution is -2.53. The second kappa shape index (κ2) is 6.60. The van der Waals surface area contributed by atoms with Crippen molar-refractivity contribution < 1.29 is 4.74 Å². The van der Waals surface area contributed by atoms with E-state index in [9.17, 15) is 0 Å². The molecule has 0 atom stereocenters. The summed E-state index contributed by atoms with van der Waals surface area (Å²) >= 11 is 0. The Labute approximate surface area is 160 Å². The van der Waals surface area contributed by atoms with Gasteiger partial charge in [-0.05, 0) is 22.8 Å². The topological polar surface area (TPSA) is 15.7 Å². The van der Waals surface area contributed by atoms with Crippen LogP contribution in [-0.2, 0) is 10.3 Å². The van der Waals surface area contributed by atoms with Crippen molar-refractivity contribution in [2.24, 2.45) is 0 Å². The molecule has 0 radical (unpaired) electrons. The van der Waals surface area contributed by atoms with Crippen LogP contribution in [0.4, 0.5) is 0 Å². The molecular formula is C24H22N2O. The van der Waals surface area contributed by atoms with Crippen molar-refractivity contribution in [1.82, 2.24) is 10.0 Å².